The van der Waals surface area contributed by atoms with Crippen molar-refractivity contribution in [3.05, 3.63) is 34.3 Å². The molecule has 0 aliphatic heterocycles. The van der Waals surface area contributed by atoms with Crippen LogP contribution in [0.1, 0.15) is 38.2 Å². The molecule has 0 aliphatic rings. The van der Waals surface area contributed by atoms with Crippen LogP contribution < -0.4 is 5.32 Å². The molecule has 2 atom stereocenters. The van der Waals surface area contributed by atoms with Crippen LogP contribution in [0.2, 0.25) is 0 Å². The molecule has 1 aromatic rings. The molecule has 0 saturated carbocycles. The minimum Gasteiger partial charge on any atom is -0.481 e. The molecule has 104 valence electrons. The van der Waals surface area contributed by atoms with E-state index in [9.17, 15) is 9.59 Å². The Morgan fingerprint density at radius 3 is 2.32 bits per heavy atom. The van der Waals surface area contributed by atoms with Gasteiger partial charge in [0, 0.05) is 16.9 Å². The number of carboxylic acid groups (broad SMARTS) is 1. The zero-order chi connectivity index (χ0) is 14.4. The summed E-state index contributed by atoms with van der Waals surface area (Å²) in [5.74, 6) is -0.928. The second-order valence-corrected chi connectivity index (χ2v) is 5.64. The number of carbonyl (C=O) groups excluding carboxylic acids is 1. The third-order valence-corrected chi connectivity index (χ3v) is 3.35. The Morgan fingerprint density at radius 2 is 1.79 bits per heavy atom. The molecule has 19 heavy (non-hydrogen) atoms. The van der Waals surface area contributed by atoms with Gasteiger partial charge in [-0.3, -0.25) is 9.59 Å². The average molecular weight is 328 g/mol. The normalized spacial score (nSPS) is 13.6. The molecule has 1 aromatic carbocycles. The van der Waals surface area contributed by atoms with Crippen LogP contribution in [0.15, 0.2) is 28.7 Å². The third kappa shape index (κ3) is 5.87. The SMILES string of the molecule is CC(CC(=O)O)NC(=O)CC(C)c1ccc(Br)cc1. The standard InChI is InChI=1S/C14H18BrNO3/c1-9(11-3-5-12(15)6-4-11)7-13(17)16-10(2)8-14(18)19/h3-6,9-10H,7-8H2,1-2H3,(H,16,17)(H,18,19). The Balaban J connectivity index is 2.47. The van der Waals surface area contributed by atoms with Crippen LogP contribution >= 0.6 is 15.9 Å². The van der Waals surface area contributed by atoms with Gasteiger partial charge in [-0.15, -0.1) is 0 Å². The van der Waals surface area contributed by atoms with Gasteiger partial charge < -0.3 is 10.4 Å². The lowest BCUT2D eigenvalue weighted by Crippen LogP contribution is -2.34. The van der Waals surface area contributed by atoms with Crippen LogP contribution in [0.5, 0.6) is 0 Å². The summed E-state index contributed by atoms with van der Waals surface area (Å²) in [6, 6.07) is 7.49. The van der Waals surface area contributed by atoms with E-state index in [0.717, 1.165) is 10.0 Å². The van der Waals surface area contributed by atoms with E-state index in [0.29, 0.717) is 6.42 Å². The molecule has 0 radical (unpaired) electrons. The molecule has 0 heterocycles. The molecule has 0 fully saturated rings. The smallest absolute Gasteiger partial charge is 0.305 e. The molecular formula is C14H18BrNO3. The molecule has 0 saturated heterocycles. The van der Waals surface area contributed by atoms with Crippen molar-refractivity contribution >= 4 is 27.8 Å². The summed E-state index contributed by atoms with van der Waals surface area (Å²) in [4.78, 5) is 22.3. The van der Waals surface area contributed by atoms with Gasteiger partial charge in [0.1, 0.15) is 0 Å². The number of halogens is 1. The first-order valence-corrected chi connectivity index (χ1v) is 6.94. The van der Waals surface area contributed by atoms with Crippen LogP contribution in [0.4, 0.5) is 0 Å². The lowest BCUT2D eigenvalue weighted by atomic mass is 9.97. The van der Waals surface area contributed by atoms with Crippen molar-refractivity contribution in [3.63, 3.8) is 0 Å². The minimum atomic E-state index is -0.909. The van der Waals surface area contributed by atoms with E-state index < -0.39 is 5.97 Å². The lowest BCUT2D eigenvalue weighted by molar-refractivity contribution is -0.137. The molecule has 0 bridgehead atoms. The summed E-state index contributed by atoms with van der Waals surface area (Å²) < 4.78 is 1.00. The van der Waals surface area contributed by atoms with Gasteiger partial charge in [-0.05, 0) is 30.5 Å². The van der Waals surface area contributed by atoms with E-state index in [1.807, 2.05) is 31.2 Å². The lowest BCUT2D eigenvalue weighted by Gasteiger charge is -2.15. The quantitative estimate of drug-likeness (QED) is 0.844. The van der Waals surface area contributed by atoms with Crippen molar-refractivity contribution in [3.8, 4) is 0 Å². The summed E-state index contributed by atoms with van der Waals surface area (Å²) in [5, 5.41) is 11.3. The van der Waals surface area contributed by atoms with Crippen LogP contribution in [-0.2, 0) is 9.59 Å². The molecule has 2 N–H and O–H groups in total. The second-order valence-electron chi connectivity index (χ2n) is 4.72. The van der Waals surface area contributed by atoms with E-state index in [1.54, 1.807) is 6.92 Å². The zero-order valence-electron chi connectivity index (χ0n) is 11.0. The number of hydrogen-bond donors (Lipinski definition) is 2. The average Bonchev–Trinajstić information content (AvgIpc) is 2.27. The zero-order valence-corrected chi connectivity index (χ0v) is 12.6. The van der Waals surface area contributed by atoms with Gasteiger partial charge in [-0.25, -0.2) is 0 Å². The van der Waals surface area contributed by atoms with Crippen LogP contribution in [0.3, 0.4) is 0 Å². The Kier molecular flexibility index (Phi) is 6.02. The molecule has 5 heteroatoms. The van der Waals surface area contributed by atoms with Gasteiger partial charge in [-0.1, -0.05) is 35.0 Å². The van der Waals surface area contributed by atoms with E-state index >= 15 is 0 Å². The monoisotopic (exact) mass is 327 g/mol. The molecule has 1 rings (SSSR count). The predicted octanol–water partition coefficient (Wildman–Crippen LogP) is 2.92. The van der Waals surface area contributed by atoms with Gasteiger partial charge >= 0.3 is 5.97 Å². The molecule has 0 spiro atoms. The summed E-state index contributed by atoms with van der Waals surface area (Å²) >= 11 is 3.37. The fourth-order valence-corrected chi connectivity index (χ4v) is 2.10. The highest BCUT2D eigenvalue weighted by atomic mass is 79.9. The number of carbonyl (C=O) groups is 2. The molecule has 0 aliphatic carbocycles. The number of hydrogen-bond acceptors (Lipinski definition) is 2. The van der Waals surface area contributed by atoms with E-state index in [4.69, 9.17) is 5.11 Å². The summed E-state index contributed by atoms with van der Waals surface area (Å²) in [5.41, 5.74) is 1.09. The van der Waals surface area contributed by atoms with Gasteiger partial charge in [0.2, 0.25) is 5.91 Å². The predicted molar refractivity (Wildman–Crippen MR) is 77.0 cm³/mol. The number of aliphatic carboxylic acids is 1. The maximum atomic E-state index is 11.8. The highest BCUT2D eigenvalue weighted by Crippen LogP contribution is 2.21. The van der Waals surface area contributed by atoms with Gasteiger partial charge in [0.25, 0.3) is 0 Å². The Bertz CT molecular complexity index is 445. The number of amides is 1. The topological polar surface area (TPSA) is 66.4 Å². The van der Waals surface area contributed by atoms with Crippen molar-refractivity contribution in [2.45, 2.75) is 38.6 Å². The number of benzene rings is 1. The Morgan fingerprint density at radius 1 is 1.21 bits per heavy atom. The Labute approximate surface area is 121 Å². The molecule has 0 aromatic heterocycles. The molecular weight excluding hydrogens is 310 g/mol. The second kappa shape index (κ2) is 7.28. The highest BCUT2D eigenvalue weighted by molar-refractivity contribution is 9.10. The van der Waals surface area contributed by atoms with E-state index in [2.05, 4.69) is 21.2 Å². The highest BCUT2D eigenvalue weighted by Gasteiger charge is 2.14. The van der Waals surface area contributed by atoms with Crippen molar-refractivity contribution in [2.24, 2.45) is 0 Å². The maximum Gasteiger partial charge on any atom is 0.305 e. The van der Waals surface area contributed by atoms with Gasteiger partial charge in [0.15, 0.2) is 0 Å². The summed E-state index contributed by atoms with van der Waals surface area (Å²) in [7, 11) is 0. The van der Waals surface area contributed by atoms with E-state index in [1.165, 1.54) is 0 Å². The molecule has 4 nitrogen and oxygen atoms in total. The van der Waals surface area contributed by atoms with Gasteiger partial charge in [-0.2, -0.15) is 0 Å². The number of nitrogens with one attached hydrogen (secondary N) is 1. The molecule has 1 amide bonds. The molecule has 2 unspecified atom stereocenters. The maximum absolute atomic E-state index is 11.8. The summed E-state index contributed by atoms with van der Waals surface area (Å²) in [6.45, 7) is 3.67. The fourth-order valence-electron chi connectivity index (χ4n) is 1.83. The van der Waals surface area contributed by atoms with E-state index in [-0.39, 0.29) is 24.3 Å². The first-order valence-electron chi connectivity index (χ1n) is 6.15. The van der Waals surface area contributed by atoms with Crippen LogP contribution in [0.25, 0.3) is 0 Å². The van der Waals surface area contributed by atoms with Crippen LogP contribution in [-0.4, -0.2) is 23.0 Å². The van der Waals surface area contributed by atoms with Crippen molar-refractivity contribution < 1.29 is 14.7 Å². The van der Waals surface area contributed by atoms with Gasteiger partial charge in [0.05, 0.1) is 6.42 Å². The third-order valence-electron chi connectivity index (χ3n) is 2.82. The first kappa shape index (κ1) is 15.7. The Hall–Kier alpha value is -1.36. The van der Waals surface area contributed by atoms with Crippen molar-refractivity contribution in [1.29, 1.82) is 0 Å². The van der Waals surface area contributed by atoms with Crippen molar-refractivity contribution in [2.75, 3.05) is 0 Å². The first-order chi connectivity index (χ1) is 8.88. The van der Waals surface area contributed by atoms with Crippen LogP contribution in [0, 0.1) is 0 Å². The fraction of sp³-hybridized carbons (Fsp3) is 0.429. The number of rotatable bonds is 6. The minimum absolute atomic E-state index is 0.0571. The largest absolute Gasteiger partial charge is 0.481 e. The number of carboxylic acids is 1. The summed E-state index contributed by atoms with van der Waals surface area (Å²) in [6.07, 6.45) is 0.296. The van der Waals surface area contributed by atoms with Crippen molar-refractivity contribution in [1.82, 2.24) is 5.32 Å².